The molecule has 0 bridgehead atoms. The first-order valence-corrected chi connectivity index (χ1v) is 8.30. The largest absolute Gasteiger partial charge is 0.394 e. The van der Waals surface area contributed by atoms with E-state index in [0.29, 0.717) is 0 Å². The van der Waals surface area contributed by atoms with Gasteiger partial charge < -0.3 is 15.3 Å². The molecule has 1 atom stereocenters. The van der Waals surface area contributed by atoms with Crippen molar-refractivity contribution >= 4 is 5.82 Å². The van der Waals surface area contributed by atoms with Gasteiger partial charge in [0.2, 0.25) is 0 Å². The van der Waals surface area contributed by atoms with Crippen LogP contribution < -0.4 is 10.2 Å². The van der Waals surface area contributed by atoms with Gasteiger partial charge >= 0.3 is 0 Å². The normalized spacial score (nSPS) is 19.6. The Labute approximate surface area is 128 Å². The van der Waals surface area contributed by atoms with Crippen molar-refractivity contribution in [2.24, 2.45) is 0 Å². The number of hydrogen-bond donors (Lipinski definition) is 2. The first-order valence-electron chi connectivity index (χ1n) is 8.30. The molecule has 1 fully saturated rings. The number of nitrogens with zero attached hydrogens (tertiary/aromatic N) is 2. The van der Waals surface area contributed by atoms with E-state index in [1.807, 2.05) is 6.20 Å². The summed E-state index contributed by atoms with van der Waals surface area (Å²) in [5, 5.41) is 13.1. The molecule has 0 saturated carbocycles. The maximum Gasteiger partial charge on any atom is 0.131 e. The molecule has 1 aliphatic heterocycles. The molecule has 21 heavy (non-hydrogen) atoms. The summed E-state index contributed by atoms with van der Waals surface area (Å²) in [5.74, 6) is 1.05. The van der Waals surface area contributed by atoms with Crippen LogP contribution >= 0.6 is 0 Å². The Balaban J connectivity index is 2.10. The third kappa shape index (κ3) is 4.42. The van der Waals surface area contributed by atoms with E-state index in [2.05, 4.69) is 30.1 Å². The molecular formula is C17H29N3O. The lowest BCUT2D eigenvalue weighted by molar-refractivity contribution is 0.254. The van der Waals surface area contributed by atoms with Crippen LogP contribution in [0.4, 0.5) is 5.82 Å². The van der Waals surface area contributed by atoms with Gasteiger partial charge in [-0.2, -0.15) is 0 Å². The summed E-state index contributed by atoms with van der Waals surface area (Å²) in [7, 11) is 0. The molecule has 0 amide bonds. The first-order chi connectivity index (χ1) is 10.3. The van der Waals surface area contributed by atoms with Crippen LogP contribution in [0, 0.1) is 6.92 Å². The average molecular weight is 291 g/mol. The van der Waals surface area contributed by atoms with E-state index in [1.54, 1.807) is 0 Å². The van der Waals surface area contributed by atoms with E-state index in [-0.39, 0.29) is 12.6 Å². The predicted octanol–water partition coefficient (Wildman–Crippen LogP) is 2.63. The minimum absolute atomic E-state index is 0.223. The summed E-state index contributed by atoms with van der Waals surface area (Å²) < 4.78 is 0. The molecular weight excluding hydrogens is 262 g/mol. The number of aromatic nitrogens is 1. The minimum atomic E-state index is 0.223. The summed E-state index contributed by atoms with van der Waals surface area (Å²) in [6.07, 6.45) is 7.85. The lowest BCUT2D eigenvalue weighted by Gasteiger charge is -2.31. The smallest absolute Gasteiger partial charge is 0.131 e. The Kier molecular flexibility index (Phi) is 6.46. The van der Waals surface area contributed by atoms with E-state index in [9.17, 15) is 5.11 Å². The standard InChI is InChI=1S/C17H29N3O/c1-3-8-18-11-15-10-14(2)17(19-12-15)20-9-6-4-5-7-16(20)13-21/h10,12,16,18,21H,3-9,11,13H2,1-2H3. The second-order valence-corrected chi connectivity index (χ2v) is 6.04. The van der Waals surface area contributed by atoms with Gasteiger partial charge in [-0.3, -0.25) is 0 Å². The molecule has 1 aromatic rings. The number of aliphatic hydroxyl groups is 1. The van der Waals surface area contributed by atoms with Crippen LogP contribution in [0.15, 0.2) is 12.3 Å². The zero-order valence-electron chi connectivity index (χ0n) is 13.4. The highest BCUT2D eigenvalue weighted by Crippen LogP contribution is 2.25. The second-order valence-electron chi connectivity index (χ2n) is 6.04. The summed E-state index contributed by atoms with van der Waals surface area (Å²) in [5.41, 5.74) is 2.45. The molecule has 0 aromatic carbocycles. The summed E-state index contributed by atoms with van der Waals surface area (Å²) in [6.45, 7) is 7.46. The van der Waals surface area contributed by atoms with E-state index >= 15 is 0 Å². The molecule has 4 nitrogen and oxygen atoms in total. The molecule has 0 radical (unpaired) electrons. The average Bonchev–Trinajstić information content (AvgIpc) is 2.73. The van der Waals surface area contributed by atoms with E-state index in [4.69, 9.17) is 4.98 Å². The van der Waals surface area contributed by atoms with Crippen molar-refractivity contribution in [2.45, 2.75) is 58.5 Å². The molecule has 1 unspecified atom stereocenters. The van der Waals surface area contributed by atoms with Crippen molar-refractivity contribution in [3.05, 3.63) is 23.4 Å². The van der Waals surface area contributed by atoms with Crippen LogP contribution in [0.1, 0.15) is 50.2 Å². The molecule has 0 aliphatic carbocycles. The third-order valence-electron chi connectivity index (χ3n) is 4.22. The van der Waals surface area contributed by atoms with E-state index in [1.165, 1.54) is 30.4 Å². The monoisotopic (exact) mass is 291 g/mol. The highest BCUT2D eigenvalue weighted by atomic mass is 16.3. The maximum absolute atomic E-state index is 9.66. The van der Waals surface area contributed by atoms with Crippen LogP contribution in [0.2, 0.25) is 0 Å². The van der Waals surface area contributed by atoms with Gasteiger partial charge in [-0.1, -0.05) is 19.8 Å². The molecule has 1 aromatic heterocycles. The zero-order chi connectivity index (χ0) is 15.1. The highest BCUT2D eigenvalue weighted by Gasteiger charge is 2.22. The Morgan fingerprint density at radius 3 is 2.95 bits per heavy atom. The Morgan fingerprint density at radius 2 is 2.24 bits per heavy atom. The first kappa shape index (κ1) is 16.2. The van der Waals surface area contributed by atoms with Gasteiger partial charge in [-0.05, 0) is 49.9 Å². The Morgan fingerprint density at radius 1 is 1.38 bits per heavy atom. The number of anilines is 1. The topological polar surface area (TPSA) is 48.4 Å². The van der Waals surface area contributed by atoms with Crippen molar-refractivity contribution in [2.75, 3.05) is 24.6 Å². The van der Waals surface area contributed by atoms with E-state index in [0.717, 1.165) is 38.3 Å². The molecule has 0 spiro atoms. The lowest BCUT2D eigenvalue weighted by Crippen LogP contribution is -2.38. The van der Waals surface area contributed by atoms with E-state index < -0.39 is 0 Å². The fraction of sp³-hybridized carbons (Fsp3) is 0.706. The van der Waals surface area contributed by atoms with Crippen molar-refractivity contribution in [1.82, 2.24) is 10.3 Å². The van der Waals surface area contributed by atoms with Crippen molar-refractivity contribution in [1.29, 1.82) is 0 Å². The van der Waals surface area contributed by atoms with Gasteiger partial charge in [0.15, 0.2) is 0 Å². The molecule has 1 saturated heterocycles. The Bertz CT molecular complexity index is 436. The molecule has 118 valence electrons. The van der Waals surface area contributed by atoms with Crippen molar-refractivity contribution in [3.8, 4) is 0 Å². The number of aryl methyl sites for hydroxylation is 1. The molecule has 2 N–H and O–H groups in total. The van der Waals surface area contributed by atoms with Crippen molar-refractivity contribution < 1.29 is 5.11 Å². The molecule has 2 heterocycles. The number of pyridine rings is 1. The lowest BCUT2D eigenvalue weighted by atomic mass is 10.1. The SMILES string of the molecule is CCCNCc1cnc(N2CCCCCC2CO)c(C)c1. The predicted molar refractivity (Wildman–Crippen MR) is 87.7 cm³/mol. The molecule has 2 rings (SSSR count). The fourth-order valence-electron chi connectivity index (χ4n) is 3.08. The number of rotatable bonds is 6. The quantitative estimate of drug-likeness (QED) is 0.791. The third-order valence-corrected chi connectivity index (χ3v) is 4.22. The van der Waals surface area contributed by atoms with Crippen LogP contribution in [0.3, 0.4) is 0 Å². The molecule has 4 heteroatoms. The summed E-state index contributed by atoms with van der Waals surface area (Å²) >= 11 is 0. The van der Waals surface area contributed by atoms with Gasteiger partial charge in [0.1, 0.15) is 5.82 Å². The maximum atomic E-state index is 9.66. The highest BCUT2D eigenvalue weighted by molar-refractivity contribution is 5.48. The van der Waals surface area contributed by atoms with Crippen LogP contribution in [-0.2, 0) is 6.54 Å². The summed E-state index contributed by atoms with van der Waals surface area (Å²) in [4.78, 5) is 7.01. The fourth-order valence-corrected chi connectivity index (χ4v) is 3.08. The van der Waals surface area contributed by atoms with Crippen LogP contribution in [0.5, 0.6) is 0 Å². The molecule has 1 aliphatic rings. The minimum Gasteiger partial charge on any atom is -0.394 e. The number of aliphatic hydroxyl groups excluding tert-OH is 1. The van der Waals surface area contributed by atoms with Gasteiger partial charge in [-0.15, -0.1) is 0 Å². The van der Waals surface area contributed by atoms with Crippen molar-refractivity contribution in [3.63, 3.8) is 0 Å². The van der Waals surface area contributed by atoms with Gasteiger partial charge in [0.05, 0.1) is 12.6 Å². The van der Waals surface area contributed by atoms with Gasteiger partial charge in [0, 0.05) is 19.3 Å². The van der Waals surface area contributed by atoms with Crippen LogP contribution in [0.25, 0.3) is 0 Å². The van der Waals surface area contributed by atoms with Gasteiger partial charge in [-0.25, -0.2) is 4.98 Å². The summed E-state index contributed by atoms with van der Waals surface area (Å²) in [6, 6.07) is 2.45. The van der Waals surface area contributed by atoms with Crippen LogP contribution in [-0.4, -0.2) is 35.8 Å². The second kappa shape index (κ2) is 8.35. The number of nitrogens with one attached hydrogen (secondary N) is 1. The van der Waals surface area contributed by atoms with Gasteiger partial charge in [0.25, 0.3) is 0 Å². The Hall–Kier alpha value is -1.13. The number of hydrogen-bond acceptors (Lipinski definition) is 4. The zero-order valence-corrected chi connectivity index (χ0v) is 13.4.